The summed E-state index contributed by atoms with van der Waals surface area (Å²) >= 11 is 0. The molecule has 0 bridgehead atoms. The molecule has 7 nitrogen and oxygen atoms in total. The zero-order valence-electron chi connectivity index (χ0n) is 15.7. The molecule has 1 atom stereocenters. The average Bonchev–Trinajstić information content (AvgIpc) is 3.02. The molecule has 0 saturated carbocycles. The van der Waals surface area contributed by atoms with Crippen LogP contribution < -0.4 is 10.2 Å². The second-order valence-electron chi connectivity index (χ2n) is 6.86. The maximum atomic E-state index is 12.3. The molecule has 28 heavy (non-hydrogen) atoms. The molecule has 7 heteroatoms. The van der Waals surface area contributed by atoms with Crippen molar-refractivity contribution in [2.75, 3.05) is 11.4 Å². The Bertz CT molecular complexity index is 951. The normalized spacial score (nSPS) is 16.6. The van der Waals surface area contributed by atoms with Crippen molar-refractivity contribution in [3.05, 3.63) is 75.3 Å². The number of nitrogens with one attached hydrogen (secondary N) is 1. The van der Waals surface area contributed by atoms with Crippen molar-refractivity contribution in [3.63, 3.8) is 0 Å². The van der Waals surface area contributed by atoms with Crippen molar-refractivity contribution >= 4 is 29.3 Å². The van der Waals surface area contributed by atoms with E-state index in [4.69, 9.17) is 0 Å². The van der Waals surface area contributed by atoms with Crippen LogP contribution in [0.3, 0.4) is 0 Å². The Balaban J connectivity index is 1.59. The quantitative estimate of drug-likeness (QED) is 0.491. The molecule has 3 rings (SSSR count). The Morgan fingerprint density at radius 3 is 2.54 bits per heavy atom. The van der Waals surface area contributed by atoms with Gasteiger partial charge in [0, 0.05) is 36.9 Å². The molecule has 1 N–H and O–H groups in total. The number of anilines is 1. The van der Waals surface area contributed by atoms with E-state index in [0.717, 1.165) is 16.8 Å². The van der Waals surface area contributed by atoms with Crippen LogP contribution in [-0.2, 0) is 9.59 Å². The molecule has 1 heterocycles. The van der Waals surface area contributed by atoms with Gasteiger partial charge in [-0.3, -0.25) is 19.7 Å². The summed E-state index contributed by atoms with van der Waals surface area (Å²) < 4.78 is 0. The summed E-state index contributed by atoms with van der Waals surface area (Å²) in [5.74, 6) is -0.328. The molecule has 1 aliphatic heterocycles. The van der Waals surface area contributed by atoms with Gasteiger partial charge in [0.2, 0.25) is 11.8 Å². The van der Waals surface area contributed by atoms with Gasteiger partial charge in [0.1, 0.15) is 0 Å². The van der Waals surface area contributed by atoms with E-state index in [9.17, 15) is 19.7 Å². The number of rotatable bonds is 5. The molecule has 1 saturated heterocycles. The highest BCUT2D eigenvalue weighted by molar-refractivity contribution is 5.98. The number of amides is 2. The summed E-state index contributed by atoms with van der Waals surface area (Å²) in [5, 5.41) is 13.5. The van der Waals surface area contributed by atoms with Crippen LogP contribution >= 0.6 is 0 Å². The topological polar surface area (TPSA) is 92.6 Å². The van der Waals surface area contributed by atoms with Crippen LogP contribution in [-0.4, -0.2) is 29.3 Å². The van der Waals surface area contributed by atoms with Gasteiger partial charge in [-0.15, -0.1) is 0 Å². The number of benzene rings is 2. The molecule has 2 aromatic carbocycles. The number of nitro groups is 1. The van der Waals surface area contributed by atoms with E-state index < -0.39 is 4.92 Å². The molecule has 1 aliphatic rings. The van der Waals surface area contributed by atoms with Crippen LogP contribution in [0.1, 0.15) is 23.1 Å². The number of carbonyl (C=O) groups is 2. The van der Waals surface area contributed by atoms with Gasteiger partial charge in [-0.05, 0) is 60.9 Å². The molecule has 0 unspecified atom stereocenters. The minimum absolute atomic E-state index is 0.00231. The number of non-ortho nitro benzene ring substituents is 1. The first-order valence-electron chi connectivity index (χ1n) is 8.94. The van der Waals surface area contributed by atoms with Crippen molar-refractivity contribution in [3.8, 4) is 0 Å². The Morgan fingerprint density at radius 1 is 1.18 bits per heavy atom. The van der Waals surface area contributed by atoms with Crippen molar-refractivity contribution in [2.24, 2.45) is 0 Å². The van der Waals surface area contributed by atoms with Crippen LogP contribution in [0.5, 0.6) is 0 Å². The maximum Gasteiger partial charge on any atom is 0.269 e. The monoisotopic (exact) mass is 379 g/mol. The third-order valence-corrected chi connectivity index (χ3v) is 4.80. The van der Waals surface area contributed by atoms with Gasteiger partial charge in [-0.25, -0.2) is 0 Å². The van der Waals surface area contributed by atoms with E-state index in [2.05, 4.69) is 5.32 Å². The fourth-order valence-corrected chi connectivity index (χ4v) is 3.08. The molecular weight excluding hydrogens is 358 g/mol. The molecule has 2 amide bonds. The molecule has 0 spiro atoms. The highest BCUT2D eigenvalue weighted by Gasteiger charge is 2.31. The second kappa shape index (κ2) is 8.04. The van der Waals surface area contributed by atoms with Crippen molar-refractivity contribution in [1.29, 1.82) is 0 Å². The van der Waals surface area contributed by atoms with E-state index in [1.165, 1.54) is 18.2 Å². The second-order valence-corrected chi connectivity index (χ2v) is 6.86. The predicted molar refractivity (Wildman–Crippen MR) is 107 cm³/mol. The summed E-state index contributed by atoms with van der Waals surface area (Å²) in [6.45, 7) is 4.45. The van der Waals surface area contributed by atoms with E-state index >= 15 is 0 Å². The minimum Gasteiger partial charge on any atom is -0.347 e. The van der Waals surface area contributed by atoms with E-state index in [1.54, 1.807) is 23.1 Å². The number of hydrogen-bond donors (Lipinski definition) is 1. The maximum absolute atomic E-state index is 12.3. The Morgan fingerprint density at radius 2 is 1.89 bits per heavy atom. The summed E-state index contributed by atoms with van der Waals surface area (Å²) in [6, 6.07) is 11.5. The number of nitro benzene ring substituents is 1. The van der Waals surface area contributed by atoms with Gasteiger partial charge in [0.05, 0.1) is 11.0 Å². The highest BCUT2D eigenvalue weighted by atomic mass is 16.6. The summed E-state index contributed by atoms with van der Waals surface area (Å²) in [5.41, 5.74) is 3.80. The molecular formula is C21H21N3O4. The molecule has 1 fully saturated rings. The predicted octanol–water partition coefficient (Wildman–Crippen LogP) is 3.15. The zero-order valence-corrected chi connectivity index (χ0v) is 15.7. The molecule has 2 aromatic rings. The number of nitrogens with zero attached hydrogens (tertiary/aromatic N) is 2. The van der Waals surface area contributed by atoms with Crippen molar-refractivity contribution in [1.82, 2.24) is 5.32 Å². The largest absolute Gasteiger partial charge is 0.347 e. The van der Waals surface area contributed by atoms with Crippen LogP contribution in [0.15, 0.2) is 48.5 Å². The lowest BCUT2D eigenvalue weighted by Crippen LogP contribution is -2.36. The Kier molecular flexibility index (Phi) is 5.54. The van der Waals surface area contributed by atoms with Gasteiger partial charge < -0.3 is 10.2 Å². The first kappa shape index (κ1) is 19.3. The fraction of sp³-hybridized carbons (Fsp3) is 0.238. The first-order valence-corrected chi connectivity index (χ1v) is 8.94. The van der Waals surface area contributed by atoms with Crippen LogP contribution in [0.25, 0.3) is 6.08 Å². The van der Waals surface area contributed by atoms with E-state index in [1.807, 2.05) is 32.0 Å². The van der Waals surface area contributed by atoms with Gasteiger partial charge in [-0.1, -0.05) is 6.07 Å². The SMILES string of the molecule is Cc1ccc(N2C[C@H](NC(=O)/C=C\c3ccc([N+](=O)[O-])cc3)CC2=O)cc1C. The molecule has 144 valence electrons. The smallest absolute Gasteiger partial charge is 0.269 e. The third-order valence-electron chi connectivity index (χ3n) is 4.80. The van der Waals surface area contributed by atoms with Gasteiger partial charge in [0.15, 0.2) is 0 Å². The number of aryl methyl sites for hydroxylation is 2. The Labute approximate surface area is 162 Å². The standard InChI is InChI=1S/C21H21N3O4/c1-14-3-7-19(11-15(14)2)23-13-17(12-21(23)26)22-20(25)10-6-16-4-8-18(9-5-16)24(27)28/h3-11,17H,12-13H2,1-2H3,(H,22,25)/b10-6-/t17-/m1/s1. The van der Waals surface area contributed by atoms with Crippen LogP contribution in [0.4, 0.5) is 11.4 Å². The van der Waals surface area contributed by atoms with Gasteiger partial charge in [-0.2, -0.15) is 0 Å². The summed E-state index contributed by atoms with van der Waals surface area (Å²) in [6.07, 6.45) is 3.20. The highest BCUT2D eigenvalue weighted by Crippen LogP contribution is 2.24. The molecule has 0 aromatic heterocycles. The van der Waals surface area contributed by atoms with Gasteiger partial charge in [0.25, 0.3) is 5.69 Å². The van der Waals surface area contributed by atoms with E-state index in [0.29, 0.717) is 12.1 Å². The third kappa shape index (κ3) is 4.43. The number of carbonyl (C=O) groups excluding carboxylic acids is 2. The first-order chi connectivity index (χ1) is 13.3. The van der Waals surface area contributed by atoms with E-state index in [-0.39, 0.29) is 30.0 Å². The summed E-state index contributed by atoms with van der Waals surface area (Å²) in [4.78, 5) is 36.4. The zero-order chi connectivity index (χ0) is 20.3. The molecule has 0 aliphatic carbocycles. The lowest BCUT2D eigenvalue weighted by Gasteiger charge is -2.18. The lowest BCUT2D eigenvalue weighted by atomic mass is 10.1. The van der Waals surface area contributed by atoms with Crippen molar-refractivity contribution in [2.45, 2.75) is 26.3 Å². The van der Waals surface area contributed by atoms with Gasteiger partial charge >= 0.3 is 0 Å². The van der Waals surface area contributed by atoms with Crippen LogP contribution in [0, 0.1) is 24.0 Å². The van der Waals surface area contributed by atoms with Crippen LogP contribution in [0.2, 0.25) is 0 Å². The number of hydrogen-bond acceptors (Lipinski definition) is 4. The fourth-order valence-electron chi connectivity index (χ4n) is 3.08. The lowest BCUT2D eigenvalue weighted by molar-refractivity contribution is -0.384. The van der Waals surface area contributed by atoms with Crippen molar-refractivity contribution < 1.29 is 14.5 Å². The minimum atomic E-state index is -0.474. The molecule has 0 radical (unpaired) electrons. The Hall–Kier alpha value is -3.48. The summed E-state index contributed by atoms with van der Waals surface area (Å²) in [7, 11) is 0. The average molecular weight is 379 g/mol.